The maximum Gasteiger partial charge on any atom is 0.341 e. The van der Waals surface area contributed by atoms with Gasteiger partial charge in [-0.25, -0.2) is 14.3 Å². The van der Waals surface area contributed by atoms with E-state index in [1.54, 1.807) is 55.3 Å². The lowest BCUT2D eigenvalue weighted by Crippen LogP contribution is -2.10. The topological polar surface area (TPSA) is 143 Å². The van der Waals surface area contributed by atoms with Gasteiger partial charge in [-0.3, -0.25) is 5.10 Å². The van der Waals surface area contributed by atoms with Gasteiger partial charge >= 0.3 is 5.97 Å². The molecule has 4 aromatic rings. The molecule has 11 heteroatoms. The average Bonchev–Trinajstić information content (AvgIpc) is 3.42. The van der Waals surface area contributed by atoms with Crippen molar-refractivity contribution >= 4 is 23.1 Å². The average molecular weight is 463 g/mol. The van der Waals surface area contributed by atoms with E-state index in [-0.39, 0.29) is 5.75 Å². The Kier molecular flexibility index (Phi) is 6.13. The number of nitrogens with one attached hydrogen (secondary N) is 2. The summed E-state index contributed by atoms with van der Waals surface area (Å²) in [6.07, 6.45) is 1.56. The summed E-state index contributed by atoms with van der Waals surface area (Å²) in [5, 5.41) is 24.7. The number of hydrogen-bond acceptors (Lipinski definition) is 8. The van der Waals surface area contributed by atoms with Crippen LogP contribution in [0.25, 0.3) is 16.9 Å². The van der Waals surface area contributed by atoms with Gasteiger partial charge in [-0.1, -0.05) is 0 Å². The van der Waals surface area contributed by atoms with Crippen molar-refractivity contribution in [3.63, 3.8) is 0 Å². The highest BCUT2D eigenvalue weighted by Gasteiger charge is 2.20. The fourth-order valence-corrected chi connectivity index (χ4v) is 3.44. The molecule has 0 aliphatic heterocycles. The van der Waals surface area contributed by atoms with Gasteiger partial charge in [0.25, 0.3) is 0 Å². The van der Waals surface area contributed by atoms with E-state index in [0.29, 0.717) is 51.2 Å². The van der Waals surface area contributed by atoms with Crippen molar-refractivity contribution in [3.8, 4) is 40.3 Å². The molecular weight excluding hydrogens is 442 g/mol. The summed E-state index contributed by atoms with van der Waals surface area (Å²) in [7, 11) is 4.57. The van der Waals surface area contributed by atoms with Gasteiger partial charge in [-0.15, -0.1) is 0 Å². The molecular formula is C23H21N5O6. The predicted octanol–water partition coefficient (Wildman–Crippen LogP) is 3.43. The van der Waals surface area contributed by atoms with Gasteiger partial charge in [0.05, 0.1) is 21.3 Å². The van der Waals surface area contributed by atoms with Crippen molar-refractivity contribution in [3.05, 3.63) is 48.2 Å². The molecule has 4 rings (SSSR count). The molecule has 0 spiro atoms. The van der Waals surface area contributed by atoms with Crippen molar-refractivity contribution in [2.45, 2.75) is 0 Å². The van der Waals surface area contributed by atoms with Gasteiger partial charge in [-0.05, 0) is 30.3 Å². The van der Waals surface area contributed by atoms with Crippen molar-refractivity contribution in [2.24, 2.45) is 0 Å². The number of carbonyl (C=O) groups is 1. The molecule has 0 aliphatic carbocycles. The second-order valence-electron chi connectivity index (χ2n) is 7.01. The van der Waals surface area contributed by atoms with E-state index < -0.39 is 12.6 Å². The number of rotatable bonds is 9. The van der Waals surface area contributed by atoms with Crippen LogP contribution in [0.4, 0.5) is 11.5 Å². The van der Waals surface area contributed by atoms with E-state index in [2.05, 4.69) is 21.5 Å². The van der Waals surface area contributed by atoms with E-state index in [9.17, 15) is 10.1 Å². The third-order valence-corrected chi connectivity index (χ3v) is 5.01. The van der Waals surface area contributed by atoms with Gasteiger partial charge in [0.1, 0.15) is 17.3 Å². The number of nitriles is 1. The van der Waals surface area contributed by atoms with E-state index in [1.165, 1.54) is 7.11 Å². The van der Waals surface area contributed by atoms with E-state index in [0.717, 1.165) is 0 Å². The first-order valence-corrected chi connectivity index (χ1v) is 10.0. The largest absolute Gasteiger partial charge is 0.493 e. The number of aliphatic carboxylic acids is 1. The molecule has 3 N–H and O–H groups in total. The first-order chi connectivity index (χ1) is 16.5. The maximum atomic E-state index is 10.9. The van der Waals surface area contributed by atoms with Crippen LogP contribution in [0.2, 0.25) is 0 Å². The Morgan fingerprint density at radius 1 is 1.09 bits per heavy atom. The first-order valence-electron chi connectivity index (χ1n) is 10.0. The first kappa shape index (κ1) is 22.3. The zero-order valence-electron chi connectivity index (χ0n) is 18.6. The minimum Gasteiger partial charge on any atom is -0.493 e. The summed E-state index contributed by atoms with van der Waals surface area (Å²) in [5.41, 5.74) is 2.69. The van der Waals surface area contributed by atoms with E-state index in [4.69, 9.17) is 24.1 Å². The molecule has 0 unspecified atom stereocenters. The van der Waals surface area contributed by atoms with Crippen LogP contribution in [0.15, 0.2) is 42.6 Å². The molecule has 0 atom stereocenters. The Hall–Kier alpha value is -4.85. The molecule has 0 bridgehead atoms. The molecule has 0 fully saturated rings. The minimum atomic E-state index is -1.10. The number of carboxylic acids is 1. The SMILES string of the molecule is COc1ccc(Nc2c(-c3ccc(OCC(=O)O)c(OC)c3)nc3c(C#N)c[nH]n23)cc1OC. The Morgan fingerprint density at radius 3 is 2.47 bits per heavy atom. The second kappa shape index (κ2) is 9.33. The standard InChI is InChI=1S/C23H21N5O6/c1-31-16-7-5-15(9-19(16)33-3)26-23-21(27-22-14(10-24)11-25-28(22)23)13-4-6-17(18(8-13)32-2)34-12-20(29)30/h4-9,11,25-26H,12H2,1-3H3,(H,29,30). The van der Waals surface area contributed by atoms with Gasteiger partial charge < -0.3 is 29.4 Å². The highest BCUT2D eigenvalue weighted by Crippen LogP contribution is 2.38. The Labute approximate surface area is 194 Å². The highest BCUT2D eigenvalue weighted by molar-refractivity contribution is 5.82. The molecule has 2 heterocycles. The van der Waals surface area contributed by atoms with Crippen LogP contribution in [0, 0.1) is 11.3 Å². The molecule has 0 aliphatic rings. The number of fused-ring (bicyclic) bond motifs is 1. The van der Waals surface area contributed by atoms with Crippen molar-refractivity contribution in [2.75, 3.05) is 33.3 Å². The van der Waals surface area contributed by atoms with Crippen LogP contribution in [-0.4, -0.2) is 53.6 Å². The van der Waals surface area contributed by atoms with E-state index in [1.807, 2.05) is 6.07 Å². The number of methoxy groups -OCH3 is 3. The maximum absolute atomic E-state index is 10.9. The zero-order chi connectivity index (χ0) is 24.2. The van der Waals surface area contributed by atoms with Crippen molar-refractivity contribution in [1.82, 2.24) is 14.6 Å². The number of anilines is 2. The third kappa shape index (κ3) is 4.12. The van der Waals surface area contributed by atoms with Crippen molar-refractivity contribution in [1.29, 1.82) is 5.26 Å². The lowest BCUT2D eigenvalue weighted by atomic mass is 10.1. The monoisotopic (exact) mass is 463 g/mol. The van der Waals surface area contributed by atoms with Crippen LogP contribution in [0.3, 0.4) is 0 Å². The van der Waals surface area contributed by atoms with Crippen molar-refractivity contribution < 1.29 is 28.8 Å². The van der Waals surface area contributed by atoms with Crippen LogP contribution in [0.1, 0.15) is 5.56 Å². The van der Waals surface area contributed by atoms with Crippen LogP contribution in [0.5, 0.6) is 23.0 Å². The Morgan fingerprint density at radius 2 is 1.79 bits per heavy atom. The van der Waals surface area contributed by atoms with E-state index >= 15 is 0 Å². The number of H-pyrrole nitrogens is 1. The number of aromatic nitrogens is 3. The van der Waals surface area contributed by atoms with Crippen LogP contribution < -0.4 is 24.3 Å². The summed E-state index contributed by atoms with van der Waals surface area (Å²) in [6.45, 7) is -0.499. The number of benzene rings is 2. The normalized spacial score (nSPS) is 10.5. The fourth-order valence-electron chi connectivity index (χ4n) is 3.44. The third-order valence-electron chi connectivity index (χ3n) is 5.01. The summed E-state index contributed by atoms with van der Waals surface area (Å²) < 4.78 is 23.0. The quantitative estimate of drug-likeness (QED) is 0.340. The second-order valence-corrected chi connectivity index (χ2v) is 7.01. The molecule has 2 aromatic heterocycles. The fraction of sp³-hybridized carbons (Fsp3) is 0.174. The van der Waals surface area contributed by atoms with Gasteiger partial charge in [0.2, 0.25) is 0 Å². The number of carboxylic acid groups (broad SMARTS) is 1. The lowest BCUT2D eigenvalue weighted by molar-refractivity contribution is -0.139. The number of hydrogen-bond donors (Lipinski definition) is 3. The summed E-state index contributed by atoms with van der Waals surface area (Å²) in [6, 6.07) is 12.5. The van der Waals surface area contributed by atoms with Gasteiger partial charge in [0, 0.05) is 23.5 Å². The molecule has 0 radical (unpaired) electrons. The molecule has 174 valence electrons. The molecule has 0 saturated heterocycles. The molecule has 34 heavy (non-hydrogen) atoms. The molecule has 2 aromatic carbocycles. The predicted molar refractivity (Wildman–Crippen MR) is 122 cm³/mol. The zero-order valence-corrected chi connectivity index (χ0v) is 18.6. The minimum absolute atomic E-state index is 0.283. The molecule has 0 saturated carbocycles. The number of imidazole rings is 1. The molecule has 0 amide bonds. The van der Waals surface area contributed by atoms with Gasteiger partial charge in [-0.2, -0.15) is 5.26 Å². The molecule has 11 nitrogen and oxygen atoms in total. The number of aromatic amines is 1. The highest BCUT2D eigenvalue weighted by atomic mass is 16.5. The van der Waals surface area contributed by atoms with Crippen LogP contribution in [-0.2, 0) is 4.79 Å². The summed E-state index contributed by atoms with van der Waals surface area (Å²) in [5.74, 6) is 1.21. The number of nitrogens with zero attached hydrogens (tertiary/aromatic N) is 3. The van der Waals surface area contributed by atoms with Gasteiger partial charge in [0.15, 0.2) is 41.1 Å². The Bertz CT molecular complexity index is 1400. The lowest BCUT2D eigenvalue weighted by Gasteiger charge is -2.13. The smallest absolute Gasteiger partial charge is 0.341 e. The van der Waals surface area contributed by atoms with Crippen LogP contribution >= 0.6 is 0 Å². The Balaban J connectivity index is 1.81. The number of ether oxygens (including phenoxy) is 4. The summed E-state index contributed by atoms with van der Waals surface area (Å²) >= 11 is 0. The summed E-state index contributed by atoms with van der Waals surface area (Å²) in [4.78, 5) is 15.5.